The fourth-order valence-corrected chi connectivity index (χ4v) is 0.809. The summed E-state index contributed by atoms with van der Waals surface area (Å²) in [6.07, 6.45) is 0. The first kappa shape index (κ1) is 11.4. The van der Waals surface area contributed by atoms with Crippen LogP contribution in [0.4, 0.5) is 4.79 Å². The second-order valence-corrected chi connectivity index (χ2v) is 2.84. The molecule has 4 N–H and O–H groups in total. The Hall–Kier alpha value is -1.63. The summed E-state index contributed by atoms with van der Waals surface area (Å²) in [5, 5.41) is 16.8. The monoisotopic (exact) mass is 191 g/mol. The van der Waals surface area contributed by atoms with Crippen LogP contribution in [0.2, 0.25) is 0 Å². The maximum Gasteiger partial charge on any atom is 0.414 e. The van der Waals surface area contributed by atoms with Gasteiger partial charge in [-0.25, -0.2) is 18.9 Å². The Morgan fingerprint density at radius 1 is 1.15 bits per heavy atom. The summed E-state index contributed by atoms with van der Waals surface area (Å²) in [6, 6.07) is -0.982. The molecule has 74 valence electrons. The average Bonchev–Trinajstić information content (AvgIpc) is 1.82. The second-order valence-electron chi connectivity index (χ2n) is 2.84. The van der Waals surface area contributed by atoms with Gasteiger partial charge in [0, 0.05) is 0 Å². The minimum atomic E-state index is -1.28. The lowest BCUT2D eigenvalue weighted by atomic mass is 10.4. The highest BCUT2D eigenvalue weighted by molar-refractivity contribution is 5.76. The number of hydrogen-bond donors (Lipinski definition) is 3. The molecular formula is C6H11N2O5+. The predicted octanol–water partition coefficient (Wildman–Crippen LogP) is -1.32. The fraction of sp³-hybridized carbons (Fsp3) is 0.500. The topological polar surface area (TPSA) is 118 Å². The highest BCUT2D eigenvalue weighted by Gasteiger charge is 2.34. The number of aliphatic carboxylic acids is 2. The molecule has 0 aliphatic rings. The molecule has 7 nitrogen and oxygen atoms in total. The van der Waals surface area contributed by atoms with Crippen molar-refractivity contribution in [1.82, 2.24) is 0 Å². The van der Waals surface area contributed by atoms with Gasteiger partial charge in [0.2, 0.25) is 0 Å². The number of rotatable bonds is 4. The summed E-state index contributed by atoms with van der Waals surface area (Å²) in [5.41, 5.74) is 4.87. The number of nitrogens with zero attached hydrogens (tertiary/aromatic N) is 1. The molecule has 0 aliphatic carbocycles. The zero-order valence-electron chi connectivity index (χ0n) is 7.06. The van der Waals surface area contributed by atoms with Crippen LogP contribution in [0, 0.1) is 0 Å². The molecule has 0 aromatic carbocycles. The van der Waals surface area contributed by atoms with E-state index in [1.165, 1.54) is 0 Å². The number of quaternary nitrogens is 1. The predicted molar refractivity (Wildman–Crippen MR) is 40.8 cm³/mol. The molecule has 7 heteroatoms. The molecule has 0 aromatic rings. The summed E-state index contributed by atoms with van der Waals surface area (Å²) in [4.78, 5) is 31.3. The van der Waals surface area contributed by atoms with Crippen LogP contribution in [0.5, 0.6) is 0 Å². The minimum Gasteiger partial charge on any atom is -0.477 e. The molecule has 0 atom stereocenters. The third-order valence-electron chi connectivity index (χ3n) is 1.50. The van der Waals surface area contributed by atoms with Crippen molar-refractivity contribution in [2.45, 2.75) is 0 Å². The Kier molecular flexibility index (Phi) is 3.37. The zero-order valence-corrected chi connectivity index (χ0v) is 7.06. The molecule has 0 radical (unpaired) electrons. The first-order chi connectivity index (χ1) is 5.78. The van der Waals surface area contributed by atoms with Crippen LogP contribution in [0.25, 0.3) is 0 Å². The van der Waals surface area contributed by atoms with Crippen molar-refractivity contribution in [1.29, 1.82) is 0 Å². The van der Waals surface area contributed by atoms with Gasteiger partial charge in [0.05, 0.1) is 7.05 Å². The number of amides is 2. The van der Waals surface area contributed by atoms with Gasteiger partial charge in [0.1, 0.15) is 0 Å². The van der Waals surface area contributed by atoms with E-state index in [-0.39, 0.29) is 0 Å². The summed E-state index contributed by atoms with van der Waals surface area (Å²) in [7, 11) is 1.16. The highest BCUT2D eigenvalue weighted by atomic mass is 16.4. The van der Waals surface area contributed by atoms with Crippen molar-refractivity contribution in [3.63, 3.8) is 0 Å². The van der Waals surface area contributed by atoms with Crippen molar-refractivity contribution < 1.29 is 29.1 Å². The summed E-state index contributed by atoms with van der Waals surface area (Å²) in [5.74, 6) is -2.55. The Labute approximate surface area is 73.9 Å². The van der Waals surface area contributed by atoms with Gasteiger partial charge >= 0.3 is 18.0 Å². The van der Waals surface area contributed by atoms with E-state index < -0.39 is 35.5 Å². The maximum atomic E-state index is 10.8. The lowest BCUT2D eigenvalue weighted by Crippen LogP contribution is -2.57. The zero-order chi connectivity index (χ0) is 10.6. The lowest BCUT2D eigenvalue weighted by Gasteiger charge is -2.25. The smallest absolute Gasteiger partial charge is 0.414 e. The standard InChI is InChI=1S/C6H10N2O5/c1-8(6(7)13,2-4(9)10)3-5(11)12/h2-3H2,1H3,(H3-,7,9,10,11,12,13)/p+1. The number of primary amides is 1. The molecule has 0 aromatic heterocycles. The molecule has 0 bridgehead atoms. The average molecular weight is 191 g/mol. The SMILES string of the molecule is C[N+](CC(=O)O)(CC(=O)O)C(N)=O. The number of carbonyl (C=O) groups excluding carboxylic acids is 1. The molecule has 0 rings (SSSR count). The van der Waals surface area contributed by atoms with E-state index in [4.69, 9.17) is 15.9 Å². The first-order valence-electron chi connectivity index (χ1n) is 3.36. The van der Waals surface area contributed by atoms with E-state index >= 15 is 0 Å². The Balaban J connectivity index is 4.62. The van der Waals surface area contributed by atoms with Crippen LogP contribution < -0.4 is 5.73 Å². The largest absolute Gasteiger partial charge is 0.477 e. The van der Waals surface area contributed by atoms with Gasteiger partial charge in [-0.1, -0.05) is 0 Å². The highest BCUT2D eigenvalue weighted by Crippen LogP contribution is 2.00. The maximum absolute atomic E-state index is 10.8. The van der Waals surface area contributed by atoms with E-state index in [9.17, 15) is 14.4 Å². The van der Waals surface area contributed by atoms with Crippen LogP contribution in [0.3, 0.4) is 0 Å². The fourth-order valence-electron chi connectivity index (χ4n) is 0.809. The molecule has 0 saturated carbocycles. The molecule has 2 amide bonds. The van der Waals surface area contributed by atoms with Gasteiger partial charge in [-0.3, -0.25) is 0 Å². The summed E-state index contributed by atoms with van der Waals surface area (Å²) in [6.45, 7) is -1.27. The Morgan fingerprint density at radius 2 is 1.46 bits per heavy atom. The number of urea groups is 1. The first-order valence-corrected chi connectivity index (χ1v) is 3.36. The van der Waals surface area contributed by atoms with Crippen LogP contribution in [0.1, 0.15) is 0 Å². The van der Waals surface area contributed by atoms with Gasteiger partial charge in [-0.05, 0) is 0 Å². The molecule has 0 heterocycles. The van der Waals surface area contributed by atoms with Crippen LogP contribution >= 0.6 is 0 Å². The van der Waals surface area contributed by atoms with Crippen molar-refractivity contribution in [2.24, 2.45) is 5.73 Å². The van der Waals surface area contributed by atoms with E-state index in [1.807, 2.05) is 0 Å². The number of carboxylic acids is 2. The van der Waals surface area contributed by atoms with Crippen molar-refractivity contribution >= 4 is 18.0 Å². The molecule has 0 unspecified atom stereocenters. The normalized spacial score (nSPS) is 10.8. The number of nitrogens with two attached hydrogens (primary N) is 1. The molecule has 0 spiro atoms. The van der Waals surface area contributed by atoms with Crippen LogP contribution in [0.15, 0.2) is 0 Å². The second kappa shape index (κ2) is 3.85. The van der Waals surface area contributed by atoms with Gasteiger partial charge in [-0.15, -0.1) is 0 Å². The molecule has 0 aliphatic heterocycles. The minimum absolute atomic E-state index is 0.637. The number of carboxylic acid groups (broad SMARTS) is 2. The molecule has 13 heavy (non-hydrogen) atoms. The van der Waals surface area contributed by atoms with Gasteiger partial charge < -0.3 is 15.9 Å². The van der Waals surface area contributed by atoms with E-state index in [1.54, 1.807) is 0 Å². The van der Waals surface area contributed by atoms with Crippen molar-refractivity contribution in [2.75, 3.05) is 20.1 Å². The Morgan fingerprint density at radius 3 is 1.62 bits per heavy atom. The Bertz CT molecular complexity index is 233. The van der Waals surface area contributed by atoms with E-state index in [0.29, 0.717) is 0 Å². The summed E-state index contributed by atoms with van der Waals surface area (Å²) >= 11 is 0. The van der Waals surface area contributed by atoms with Crippen LogP contribution in [-0.2, 0) is 9.59 Å². The van der Waals surface area contributed by atoms with Crippen molar-refractivity contribution in [3.8, 4) is 0 Å². The van der Waals surface area contributed by atoms with E-state index in [2.05, 4.69) is 0 Å². The number of likely N-dealkylation sites (N-methyl/N-ethyl adjacent to an activating group) is 1. The summed E-state index contributed by atoms with van der Waals surface area (Å²) < 4.78 is -0.843. The quantitative estimate of drug-likeness (QED) is 0.476. The number of hydrogen-bond acceptors (Lipinski definition) is 3. The van der Waals surface area contributed by atoms with Gasteiger partial charge in [0.25, 0.3) is 0 Å². The lowest BCUT2D eigenvalue weighted by molar-refractivity contribution is -0.813. The third-order valence-corrected chi connectivity index (χ3v) is 1.50. The number of carbonyl (C=O) groups is 3. The van der Waals surface area contributed by atoms with Gasteiger partial charge in [-0.2, -0.15) is 0 Å². The third kappa shape index (κ3) is 3.52. The van der Waals surface area contributed by atoms with E-state index in [0.717, 1.165) is 7.05 Å². The molecule has 0 fully saturated rings. The van der Waals surface area contributed by atoms with Crippen LogP contribution in [-0.4, -0.2) is 52.8 Å². The van der Waals surface area contributed by atoms with Crippen molar-refractivity contribution in [3.05, 3.63) is 0 Å². The molecule has 0 saturated heterocycles. The van der Waals surface area contributed by atoms with Gasteiger partial charge in [0.15, 0.2) is 13.1 Å². The molecular weight excluding hydrogens is 180 g/mol.